The predicted molar refractivity (Wildman–Crippen MR) is 96.1 cm³/mol. The molecule has 0 saturated carbocycles. The second-order valence-electron chi connectivity index (χ2n) is 6.15. The number of aryl methyl sites for hydroxylation is 2. The average molecular weight is 344 g/mol. The second-order valence-corrected chi connectivity index (χ2v) is 7.09. The zero-order chi connectivity index (χ0) is 16.8. The first-order chi connectivity index (χ1) is 11.7. The smallest absolute Gasteiger partial charge is 0.233 e. The van der Waals surface area contributed by atoms with Gasteiger partial charge < -0.3 is 9.47 Å². The number of hydrogen-bond acceptors (Lipinski definition) is 4. The fourth-order valence-corrected chi connectivity index (χ4v) is 3.89. The van der Waals surface area contributed by atoms with Crippen LogP contribution in [0.25, 0.3) is 0 Å². The van der Waals surface area contributed by atoms with Crippen molar-refractivity contribution in [1.82, 2.24) is 19.7 Å². The van der Waals surface area contributed by atoms with Crippen LogP contribution in [0.15, 0.2) is 35.5 Å². The molecule has 1 aliphatic rings. The zero-order valence-corrected chi connectivity index (χ0v) is 15.0. The maximum atomic E-state index is 12.3. The molecule has 5 nitrogen and oxygen atoms in total. The maximum absolute atomic E-state index is 12.3. The van der Waals surface area contributed by atoms with E-state index >= 15 is 0 Å². The van der Waals surface area contributed by atoms with Crippen LogP contribution in [-0.2, 0) is 17.8 Å². The minimum Gasteiger partial charge on any atom is -0.342 e. The van der Waals surface area contributed by atoms with Crippen molar-refractivity contribution in [3.05, 3.63) is 41.7 Å². The van der Waals surface area contributed by atoms with Gasteiger partial charge in [0.15, 0.2) is 5.16 Å². The second kappa shape index (κ2) is 8.33. The molecule has 0 radical (unpaired) electrons. The standard InChI is InChI=1S/C18H24N4OS/c1-15-19-20-18(22(15)13-10-16-8-4-2-5-9-16)24-14-17(23)21-11-6-3-7-12-21/h2,4-5,8-9H,3,6-7,10-14H2,1H3. The van der Waals surface area contributed by atoms with Crippen LogP contribution >= 0.6 is 11.8 Å². The molecule has 0 N–H and O–H groups in total. The molecule has 1 aromatic heterocycles. The van der Waals surface area contributed by atoms with Gasteiger partial charge in [0.25, 0.3) is 0 Å². The highest BCUT2D eigenvalue weighted by molar-refractivity contribution is 7.99. The van der Waals surface area contributed by atoms with Crippen LogP contribution in [0.2, 0.25) is 0 Å². The summed E-state index contributed by atoms with van der Waals surface area (Å²) in [5.74, 6) is 1.57. The van der Waals surface area contributed by atoms with Crippen molar-refractivity contribution >= 4 is 17.7 Å². The molecule has 1 aromatic carbocycles. The van der Waals surface area contributed by atoms with E-state index in [-0.39, 0.29) is 5.91 Å². The summed E-state index contributed by atoms with van der Waals surface area (Å²) in [5, 5.41) is 9.28. The van der Waals surface area contributed by atoms with Crippen LogP contribution in [0.4, 0.5) is 0 Å². The molecule has 0 unspecified atom stereocenters. The Morgan fingerprint density at radius 3 is 2.62 bits per heavy atom. The summed E-state index contributed by atoms with van der Waals surface area (Å²) >= 11 is 1.50. The number of likely N-dealkylation sites (tertiary alicyclic amines) is 1. The molecule has 1 fully saturated rings. The lowest BCUT2D eigenvalue weighted by atomic mass is 10.1. The Kier molecular flexibility index (Phi) is 5.91. The SMILES string of the molecule is Cc1nnc(SCC(=O)N2CCCCC2)n1CCc1ccccc1. The fraction of sp³-hybridized carbons (Fsp3) is 0.500. The van der Waals surface area contributed by atoms with Crippen LogP contribution in [0.5, 0.6) is 0 Å². The van der Waals surface area contributed by atoms with E-state index in [1.54, 1.807) is 0 Å². The molecule has 1 saturated heterocycles. The number of aromatic nitrogens is 3. The Morgan fingerprint density at radius 2 is 1.88 bits per heavy atom. The lowest BCUT2D eigenvalue weighted by molar-refractivity contribution is -0.129. The van der Waals surface area contributed by atoms with E-state index in [1.165, 1.54) is 23.7 Å². The minimum atomic E-state index is 0.218. The fourth-order valence-electron chi connectivity index (χ4n) is 2.97. The first-order valence-corrected chi connectivity index (χ1v) is 9.57. The number of nitrogens with zero attached hydrogens (tertiary/aromatic N) is 4. The van der Waals surface area contributed by atoms with E-state index in [0.29, 0.717) is 5.75 Å². The molecule has 3 rings (SSSR count). The van der Waals surface area contributed by atoms with Crippen molar-refractivity contribution in [3.8, 4) is 0 Å². The van der Waals surface area contributed by atoms with Gasteiger partial charge in [-0.1, -0.05) is 42.1 Å². The number of benzene rings is 1. The molecule has 24 heavy (non-hydrogen) atoms. The lowest BCUT2D eigenvalue weighted by Crippen LogP contribution is -2.36. The third-order valence-electron chi connectivity index (χ3n) is 4.40. The monoisotopic (exact) mass is 344 g/mol. The van der Waals surface area contributed by atoms with Crippen molar-refractivity contribution in [3.63, 3.8) is 0 Å². The molecule has 0 aliphatic carbocycles. The van der Waals surface area contributed by atoms with E-state index in [2.05, 4.69) is 39.0 Å². The summed E-state index contributed by atoms with van der Waals surface area (Å²) in [4.78, 5) is 14.3. The zero-order valence-electron chi connectivity index (χ0n) is 14.1. The lowest BCUT2D eigenvalue weighted by Gasteiger charge is -2.26. The molecule has 0 spiro atoms. The first-order valence-electron chi connectivity index (χ1n) is 8.58. The number of carbonyl (C=O) groups is 1. The Bertz CT molecular complexity index is 665. The quantitative estimate of drug-likeness (QED) is 0.756. The predicted octanol–water partition coefficient (Wildman–Crippen LogP) is 2.93. The topological polar surface area (TPSA) is 51.0 Å². The Morgan fingerprint density at radius 1 is 1.12 bits per heavy atom. The third kappa shape index (κ3) is 4.38. The summed E-state index contributed by atoms with van der Waals surface area (Å²) in [7, 11) is 0. The van der Waals surface area contributed by atoms with Crippen molar-refractivity contribution in [2.75, 3.05) is 18.8 Å². The van der Waals surface area contributed by atoms with Gasteiger partial charge in [-0.25, -0.2) is 0 Å². The third-order valence-corrected chi connectivity index (χ3v) is 5.35. The van der Waals surface area contributed by atoms with Crippen molar-refractivity contribution in [2.45, 2.75) is 44.3 Å². The number of rotatable bonds is 6. The highest BCUT2D eigenvalue weighted by atomic mass is 32.2. The molecule has 2 heterocycles. The summed E-state index contributed by atoms with van der Waals surface area (Å²) in [6, 6.07) is 10.4. The number of thioether (sulfide) groups is 1. The van der Waals surface area contributed by atoms with Gasteiger partial charge in [-0.2, -0.15) is 0 Å². The van der Waals surface area contributed by atoms with Gasteiger partial charge in [-0.3, -0.25) is 4.79 Å². The normalized spacial score (nSPS) is 14.8. The van der Waals surface area contributed by atoms with Gasteiger partial charge in [-0.15, -0.1) is 10.2 Å². The summed E-state index contributed by atoms with van der Waals surface area (Å²) in [5.41, 5.74) is 1.30. The summed E-state index contributed by atoms with van der Waals surface area (Å²) in [6.07, 6.45) is 4.43. The highest BCUT2D eigenvalue weighted by Gasteiger charge is 2.18. The molecular weight excluding hydrogens is 320 g/mol. The van der Waals surface area contributed by atoms with Gasteiger partial charge in [-0.05, 0) is 38.2 Å². The largest absolute Gasteiger partial charge is 0.342 e. The highest BCUT2D eigenvalue weighted by Crippen LogP contribution is 2.19. The molecule has 1 aliphatic heterocycles. The summed E-state index contributed by atoms with van der Waals surface area (Å²) < 4.78 is 2.11. The number of piperidine rings is 1. The van der Waals surface area contributed by atoms with Gasteiger partial charge in [0.2, 0.25) is 5.91 Å². The van der Waals surface area contributed by atoms with Crippen molar-refractivity contribution in [2.24, 2.45) is 0 Å². The molecule has 1 amide bonds. The molecule has 6 heteroatoms. The molecule has 128 valence electrons. The van der Waals surface area contributed by atoms with Crippen LogP contribution in [0, 0.1) is 6.92 Å². The number of hydrogen-bond donors (Lipinski definition) is 0. The Labute approximate surface area is 147 Å². The van der Waals surface area contributed by atoms with Gasteiger partial charge >= 0.3 is 0 Å². The van der Waals surface area contributed by atoms with Crippen molar-refractivity contribution < 1.29 is 4.79 Å². The van der Waals surface area contributed by atoms with E-state index in [4.69, 9.17) is 0 Å². The van der Waals surface area contributed by atoms with E-state index < -0.39 is 0 Å². The van der Waals surface area contributed by atoms with Crippen LogP contribution in [0.1, 0.15) is 30.7 Å². The molecule has 0 atom stereocenters. The van der Waals surface area contributed by atoms with Crippen LogP contribution in [0.3, 0.4) is 0 Å². The first kappa shape index (κ1) is 17.0. The van der Waals surface area contributed by atoms with Gasteiger partial charge in [0.1, 0.15) is 5.82 Å². The minimum absolute atomic E-state index is 0.218. The van der Waals surface area contributed by atoms with Crippen LogP contribution in [-0.4, -0.2) is 44.4 Å². The number of carbonyl (C=O) groups excluding carboxylic acids is 1. The Balaban J connectivity index is 1.57. The van der Waals surface area contributed by atoms with E-state index in [9.17, 15) is 4.79 Å². The molecule has 2 aromatic rings. The van der Waals surface area contributed by atoms with E-state index in [0.717, 1.165) is 49.9 Å². The summed E-state index contributed by atoms with van der Waals surface area (Å²) in [6.45, 7) is 4.61. The van der Waals surface area contributed by atoms with Gasteiger partial charge in [0, 0.05) is 19.6 Å². The van der Waals surface area contributed by atoms with Crippen LogP contribution < -0.4 is 0 Å². The van der Waals surface area contributed by atoms with Crippen molar-refractivity contribution in [1.29, 1.82) is 0 Å². The number of amides is 1. The van der Waals surface area contributed by atoms with E-state index in [1.807, 2.05) is 17.9 Å². The molecule has 0 bridgehead atoms. The average Bonchev–Trinajstić information content (AvgIpc) is 2.99. The Hall–Kier alpha value is -1.82. The molecular formula is C18H24N4OS. The van der Waals surface area contributed by atoms with Gasteiger partial charge in [0.05, 0.1) is 5.75 Å². The maximum Gasteiger partial charge on any atom is 0.233 e.